The molecule has 0 amide bonds. The first-order chi connectivity index (χ1) is 7.75. The molecule has 86 valence electrons. The first-order valence-corrected chi connectivity index (χ1v) is 5.84. The van der Waals surface area contributed by atoms with Crippen LogP contribution in [0.5, 0.6) is 0 Å². The van der Waals surface area contributed by atoms with Crippen molar-refractivity contribution in [3.63, 3.8) is 0 Å². The number of aliphatic imine (C=N–C) groups is 1. The van der Waals surface area contributed by atoms with E-state index in [4.69, 9.17) is 0 Å². The van der Waals surface area contributed by atoms with Crippen LogP contribution in [0.25, 0.3) is 0 Å². The van der Waals surface area contributed by atoms with Crippen LogP contribution in [0.3, 0.4) is 0 Å². The van der Waals surface area contributed by atoms with Gasteiger partial charge in [-0.15, -0.1) is 0 Å². The Kier molecular flexibility index (Phi) is 3.44. The van der Waals surface area contributed by atoms with E-state index >= 15 is 0 Å². The molecule has 2 N–H and O–H groups in total. The van der Waals surface area contributed by atoms with Gasteiger partial charge < -0.3 is 10.6 Å². The van der Waals surface area contributed by atoms with E-state index in [1.54, 1.807) is 0 Å². The summed E-state index contributed by atoms with van der Waals surface area (Å²) < 4.78 is 0. The zero-order valence-corrected chi connectivity index (χ0v) is 9.90. The third-order valence-electron chi connectivity index (χ3n) is 2.88. The molecule has 0 fully saturated rings. The minimum absolute atomic E-state index is 0.485. The molecule has 1 aliphatic rings. The number of hydrogen-bond donors (Lipinski definition) is 2. The highest BCUT2D eigenvalue weighted by Crippen LogP contribution is 2.06. The molecule has 3 nitrogen and oxygen atoms in total. The SMILES string of the molecule is CC(C)C1CN=C(NCc2ccccc2)N1. The summed E-state index contributed by atoms with van der Waals surface area (Å²) in [5, 5.41) is 6.72. The summed E-state index contributed by atoms with van der Waals surface area (Å²) in [4.78, 5) is 4.45. The van der Waals surface area contributed by atoms with E-state index in [1.165, 1.54) is 5.56 Å². The average Bonchev–Trinajstić information content (AvgIpc) is 2.76. The lowest BCUT2D eigenvalue weighted by Gasteiger charge is -2.15. The number of hydrogen-bond acceptors (Lipinski definition) is 3. The molecule has 1 atom stereocenters. The minimum atomic E-state index is 0.485. The lowest BCUT2D eigenvalue weighted by atomic mass is 10.1. The Morgan fingerprint density at radius 3 is 2.75 bits per heavy atom. The molecule has 0 spiro atoms. The van der Waals surface area contributed by atoms with Crippen molar-refractivity contribution >= 4 is 5.96 Å². The van der Waals surface area contributed by atoms with Gasteiger partial charge in [-0.2, -0.15) is 0 Å². The largest absolute Gasteiger partial charge is 0.352 e. The lowest BCUT2D eigenvalue weighted by Crippen LogP contribution is -2.40. The maximum absolute atomic E-state index is 4.45. The monoisotopic (exact) mass is 217 g/mol. The van der Waals surface area contributed by atoms with Gasteiger partial charge >= 0.3 is 0 Å². The highest BCUT2D eigenvalue weighted by Gasteiger charge is 2.19. The van der Waals surface area contributed by atoms with E-state index in [2.05, 4.69) is 53.7 Å². The number of rotatable bonds is 3. The predicted octanol–water partition coefficient (Wildman–Crippen LogP) is 1.76. The molecule has 0 saturated carbocycles. The molecule has 1 heterocycles. The Hall–Kier alpha value is -1.51. The number of guanidine groups is 1. The van der Waals surface area contributed by atoms with Gasteiger partial charge in [0.25, 0.3) is 0 Å². The first kappa shape index (κ1) is 11.0. The highest BCUT2D eigenvalue weighted by molar-refractivity contribution is 5.81. The molecule has 0 saturated heterocycles. The van der Waals surface area contributed by atoms with Crippen LogP contribution in [0.15, 0.2) is 35.3 Å². The van der Waals surface area contributed by atoms with E-state index in [0.29, 0.717) is 12.0 Å². The molecular weight excluding hydrogens is 198 g/mol. The standard InChI is InChI=1S/C13H19N3/c1-10(2)12-9-15-13(16-12)14-8-11-6-4-3-5-7-11/h3-7,10,12H,8-9H2,1-2H3,(H2,14,15,16). The fourth-order valence-electron chi connectivity index (χ4n) is 1.72. The maximum atomic E-state index is 4.45. The second-order valence-electron chi connectivity index (χ2n) is 4.52. The van der Waals surface area contributed by atoms with Gasteiger partial charge in [-0.1, -0.05) is 44.2 Å². The zero-order valence-electron chi connectivity index (χ0n) is 9.90. The summed E-state index contributed by atoms with van der Waals surface area (Å²) in [5.41, 5.74) is 1.28. The third-order valence-corrected chi connectivity index (χ3v) is 2.88. The topological polar surface area (TPSA) is 36.4 Å². The van der Waals surface area contributed by atoms with Crippen LogP contribution >= 0.6 is 0 Å². The van der Waals surface area contributed by atoms with Crippen molar-refractivity contribution in [3.8, 4) is 0 Å². The third kappa shape index (κ3) is 2.75. The fraction of sp³-hybridized carbons (Fsp3) is 0.462. The second-order valence-corrected chi connectivity index (χ2v) is 4.52. The van der Waals surface area contributed by atoms with E-state index in [0.717, 1.165) is 19.0 Å². The Labute approximate surface area is 97.0 Å². The highest BCUT2D eigenvalue weighted by atomic mass is 15.2. The molecule has 1 aliphatic heterocycles. The summed E-state index contributed by atoms with van der Waals surface area (Å²) in [6.07, 6.45) is 0. The second kappa shape index (κ2) is 5.01. The Morgan fingerprint density at radius 2 is 2.12 bits per heavy atom. The van der Waals surface area contributed by atoms with Crippen LogP contribution in [-0.2, 0) is 6.54 Å². The van der Waals surface area contributed by atoms with Crippen LogP contribution in [0.1, 0.15) is 19.4 Å². The van der Waals surface area contributed by atoms with Crippen LogP contribution in [-0.4, -0.2) is 18.5 Å². The van der Waals surface area contributed by atoms with Crippen LogP contribution in [0.4, 0.5) is 0 Å². The van der Waals surface area contributed by atoms with Crippen molar-refractivity contribution in [3.05, 3.63) is 35.9 Å². The smallest absolute Gasteiger partial charge is 0.191 e. The van der Waals surface area contributed by atoms with Crippen molar-refractivity contribution < 1.29 is 0 Å². The van der Waals surface area contributed by atoms with Crippen LogP contribution < -0.4 is 10.6 Å². The molecule has 2 rings (SSSR count). The van der Waals surface area contributed by atoms with Gasteiger partial charge in [0.1, 0.15) is 0 Å². The molecule has 0 bridgehead atoms. The van der Waals surface area contributed by atoms with Gasteiger partial charge in [-0.25, -0.2) is 0 Å². The number of nitrogens with zero attached hydrogens (tertiary/aromatic N) is 1. The van der Waals surface area contributed by atoms with Gasteiger partial charge in [0, 0.05) is 6.54 Å². The van der Waals surface area contributed by atoms with E-state index < -0.39 is 0 Å². The summed E-state index contributed by atoms with van der Waals surface area (Å²) in [6, 6.07) is 10.8. The minimum Gasteiger partial charge on any atom is -0.352 e. The molecule has 0 aromatic heterocycles. The van der Waals surface area contributed by atoms with Crippen molar-refractivity contribution in [2.45, 2.75) is 26.4 Å². The summed E-state index contributed by atoms with van der Waals surface area (Å²) in [6.45, 7) is 6.15. The Balaban J connectivity index is 1.80. The van der Waals surface area contributed by atoms with Crippen LogP contribution in [0.2, 0.25) is 0 Å². The van der Waals surface area contributed by atoms with Gasteiger partial charge in [-0.05, 0) is 11.5 Å². The molecule has 1 unspecified atom stereocenters. The fourth-order valence-corrected chi connectivity index (χ4v) is 1.72. The molecule has 0 aliphatic carbocycles. The average molecular weight is 217 g/mol. The maximum Gasteiger partial charge on any atom is 0.191 e. The summed E-state index contributed by atoms with van der Waals surface area (Å²) >= 11 is 0. The summed E-state index contributed by atoms with van der Waals surface area (Å²) in [5.74, 6) is 1.56. The van der Waals surface area contributed by atoms with E-state index in [-0.39, 0.29) is 0 Å². The van der Waals surface area contributed by atoms with Crippen molar-refractivity contribution in [1.82, 2.24) is 10.6 Å². The lowest BCUT2D eigenvalue weighted by molar-refractivity contribution is 0.481. The molecule has 1 aromatic rings. The van der Waals surface area contributed by atoms with Crippen molar-refractivity contribution in [1.29, 1.82) is 0 Å². The molecular formula is C13H19N3. The van der Waals surface area contributed by atoms with E-state index in [1.807, 2.05) is 6.07 Å². The number of benzene rings is 1. The van der Waals surface area contributed by atoms with E-state index in [9.17, 15) is 0 Å². The van der Waals surface area contributed by atoms with Gasteiger partial charge in [-0.3, -0.25) is 4.99 Å². The normalized spacial score (nSPS) is 19.4. The van der Waals surface area contributed by atoms with Gasteiger partial charge in [0.15, 0.2) is 5.96 Å². The molecule has 1 aromatic carbocycles. The zero-order chi connectivity index (χ0) is 11.4. The van der Waals surface area contributed by atoms with Crippen LogP contribution in [0, 0.1) is 5.92 Å². The Bertz CT molecular complexity index is 357. The molecule has 0 radical (unpaired) electrons. The summed E-state index contributed by atoms with van der Waals surface area (Å²) in [7, 11) is 0. The van der Waals surface area contributed by atoms with Crippen molar-refractivity contribution in [2.75, 3.05) is 6.54 Å². The van der Waals surface area contributed by atoms with Gasteiger partial charge in [0.05, 0.1) is 12.6 Å². The quantitative estimate of drug-likeness (QED) is 0.809. The van der Waals surface area contributed by atoms with Gasteiger partial charge in [0.2, 0.25) is 0 Å². The first-order valence-electron chi connectivity index (χ1n) is 5.84. The Morgan fingerprint density at radius 1 is 1.38 bits per heavy atom. The molecule has 16 heavy (non-hydrogen) atoms. The molecule has 3 heteroatoms. The predicted molar refractivity (Wildman–Crippen MR) is 67.3 cm³/mol. The number of nitrogens with one attached hydrogen (secondary N) is 2. The van der Waals surface area contributed by atoms with Crippen molar-refractivity contribution in [2.24, 2.45) is 10.9 Å².